The largest absolute Gasteiger partial charge is 0.0893 e. The third-order valence-corrected chi connectivity index (χ3v) is 0.283. The van der Waals surface area contributed by atoms with E-state index in [9.17, 15) is 0 Å². The fourth-order valence-corrected chi connectivity index (χ4v) is 0. The van der Waals surface area contributed by atoms with Crippen molar-refractivity contribution in [3.63, 3.8) is 0 Å². The van der Waals surface area contributed by atoms with E-state index in [-0.39, 0.29) is 19.5 Å². The normalized spacial score (nSPS) is 2.80. The Balaban J connectivity index is 0. The molecule has 0 nitrogen and oxygen atoms in total. The van der Waals surface area contributed by atoms with Gasteiger partial charge in [-0.25, -0.2) is 0 Å². The zero-order chi connectivity index (χ0) is 3.41. The van der Waals surface area contributed by atoms with Crippen molar-refractivity contribution in [1.82, 2.24) is 0 Å². The summed E-state index contributed by atoms with van der Waals surface area (Å²) in [5.74, 6) is 2.45. The first kappa shape index (κ1) is 9.08. The topological polar surface area (TPSA) is 0 Å². The van der Waals surface area contributed by atoms with E-state index in [1.807, 2.05) is 0 Å². The van der Waals surface area contributed by atoms with Crippen molar-refractivity contribution in [1.29, 1.82) is 0 Å². The summed E-state index contributed by atoms with van der Waals surface area (Å²) in [6.45, 7) is 1.69. The van der Waals surface area contributed by atoms with Crippen LogP contribution < -0.4 is 0 Å². The van der Waals surface area contributed by atoms with Crippen LogP contribution in [0, 0.1) is 11.3 Å². The molecule has 0 saturated carbocycles. The van der Waals surface area contributed by atoms with Crippen molar-refractivity contribution in [3.8, 4) is 11.3 Å². The van der Waals surface area contributed by atoms with E-state index >= 15 is 0 Å². The molecule has 0 aliphatic rings. The number of halogens is 1. The van der Waals surface area contributed by atoms with Gasteiger partial charge in [0.25, 0.3) is 0 Å². The molecule has 0 amide bonds. The van der Waals surface area contributed by atoms with Gasteiger partial charge >= 0.3 is 0 Å². The van der Waals surface area contributed by atoms with Crippen LogP contribution in [0.1, 0.15) is 6.92 Å². The van der Waals surface area contributed by atoms with E-state index < -0.39 is 0 Å². The zero-order valence-corrected chi connectivity index (χ0v) is 6.81. The van der Waals surface area contributed by atoms with Gasteiger partial charge in [0, 0.05) is 24.9 Å². The van der Waals surface area contributed by atoms with Crippen LogP contribution in [0.3, 0.4) is 0 Å². The summed E-state index contributed by atoms with van der Waals surface area (Å²) in [6, 6.07) is 0. The second-order valence-corrected chi connectivity index (χ2v) is 0.533. The maximum absolute atomic E-state index is 4.82. The van der Waals surface area contributed by atoms with Gasteiger partial charge in [0.1, 0.15) is 0 Å². The van der Waals surface area contributed by atoms with Crippen LogP contribution in [0.4, 0.5) is 0 Å². The minimum atomic E-state index is 0. The van der Waals surface area contributed by atoms with E-state index in [4.69, 9.17) is 11.6 Å². The second kappa shape index (κ2) is 8.82. The Morgan fingerprint density at radius 1 is 1.60 bits per heavy atom. The molecule has 0 spiro atoms. The van der Waals surface area contributed by atoms with Gasteiger partial charge in [0.15, 0.2) is 0 Å². The number of hydrogen-bond acceptors (Lipinski definition) is 0. The van der Waals surface area contributed by atoms with Crippen molar-refractivity contribution in [2.45, 2.75) is 6.92 Å². The van der Waals surface area contributed by atoms with E-state index in [0.29, 0.717) is 0 Å². The first-order chi connectivity index (χ1) is 1.91. The minimum absolute atomic E-state index is 0. The molecule has 5 heavy (non-hydrogen) atoms. The molecule has 0 aromatic carbocycles. The van der Waals surface area contributed by atoms with Crippen LogP contribution in [0.2, 0.25) is 0 Å². The average Bonchev–Trinajstić information content (AvgIpc) is 1.37. The van der Waals surface area contributed by atoms with E-state index in [1.54, 1.807) is 6.92 Å². The van der Waals surface area contributed by atoms with Crippen molar-refractivity contribution in [3.05, 3.63) is 0 Å². The van der Waals surface area contributed by atoms with Gasteiger partial charge in [0.2, 0.25) is 0 Å². The fourth-order valence-electron chi connectivity index (χ4n) is 0. The molecule has 0 atom stereocenters. The van der Waals surface area contributed by atoms with Gasteiger partial charge in [-0.15, -0.1) is 0 Å². The molecule has 2 heteroatoms. The van der Waals surface area contributed by atoms with Crippen molar-refractivity contribution in [2.24, 2.45) is 0 Å². The Bertz CT molecular complexity index is 43.6. The van der Waals surface area contributed by atoms with Crippen molar-refractivity contribution in [2.75, 3.05) is 0 Å². The number of hydrogen-bond donors (Lipinski definition) is 0. The van der Waals surface area contributed by atoms with Gasteiger partial charge < -0.3 is 0 Å². The average molecular weight is 140 g/mol. The molecule has 0 heterocycles. The van der Waals surface area contributed by atoms with Crippen molar-refractivity contribution >= 4 is 11.6 Å². The van der Waals surface area contributed by atoms with Gasteiger partial charge in [-0.1, -0.05) is 5.92 Å². The minimum Gasteiger partial charge on any atom is -0.0893 e. The van der Waals surface area contributed by atoms with Crippen LogP contribution in [0.25, 0.3) is 0 Å². The molecular formula is C3H3ClZn. The SMILES string of the molecule is CC#CCl.[Zn]. The summed E-state index contributed by atoms with van der Waals surface area (Å²) in [4.78, 5) is 0. The van der Waals surface area contributed by atoms with Gasteiger partial charge in [0.05, 0.1) is 0 Å². The Morgan fingerprint density at radius 3 is 1.80 bits per heavy atom. The van der Waals surface area contributed by atoms with Gasteiger partial charge in [-0.2, -0.15) is 0 Å². The van der Waals surface area contributed by atoms with E-state index in [1.165, 1.54) is 0 Å². The summed E-state index contributed by atoms with van der Waals surface area (Å²) in [5, 5.41) is 2.15. The van der Waals surface area contributed by atoms with Crippen LogP contribution in [-0.2, 0) is 19.5 Å². The molecule has 0 rings (SSSR count). The van der Waals surface area contributed by atoms with Crippen molar-refractivity contribution < 1.29 is 19.5 Å². The second-order valence-electron chi connectivity index (χ2n) is 0.344. The molecule has 0 aliphatic carbocycles. The molecular weight excluding hydrogens is 137 g/mol. The first-order valence-corrected chi connectivity index (χ1v) is 1.32. The summed E-state index contributed by atoms with van der Waals surface area (Å²) in [6.07, 6.45) is 0. The molecule has 0 N–H and O–H groups in total. The molecule has 24 valence electrons. The smallest absolute Gasteiger partial charge is 0.00377 e. The molecule has 0 aromatic heterocycles. The quantitative estimate of drug-likeness (QED) is 0.350. The summed E-state index contributed by atoms with van der Waals surface area (Å²) in [7, 11) is 0. The van der Waals surface area contributed by atoms with E-state index in [0.717, 1.165) is 0 Å². The predicted molar refractivity (Wildman–Crippen MR) is 19.3 cm³/mol. The fraction of sp³-hybridized carbons (Fsp3) is 0.333. The van der Waals surface area contributed by atoms with Crippen LogP contribution in [0.5, 0.6) is 0 Å². The maximum atomic E-state index is 4.82. The first-order valence-electron chi connectivity index (χ1n) is 0.939. The third-order valence-electron chi connectivity index (χ3n) is 0.0945. The maximum Gasteiger partial charge on any atom is 0.00377 e. The molecule has 0 fully saturated rings. The summed E-state index contributed by atoms with van der Waals surface area (Å²) in [5.41, 5.74) is 0. The third kappa shape index (κ3) is 12.6. The molecule has 0 saturated heterocycles. The molecule has 0 unspecified atom stereocenters. The predicted octanol–water partition coefficient (Wildman–Crippen LogP) is 1.20. The molecule has 0 aromatic rings. The van der Waals surface area contributed by atoms with Crippen LogP contribution in [0.15, 0.2) is 0 Å². The van der Waals surface area contributed by atoms with Crippen LogP contribution >= 0.6 is 11.6 Å². The number of rotatable bonds is 0. The Morgan fingerprint density at radius 2 is 1.80 bits per heavy atom. The standard InChI is InChI=1S/C3H3Cl.Zn/c1-2-3-4;/h1H3;. The van der Waals surface area contributed by atoms with Crippen LogP contribution in [-0.4, -0.2) is 0 Å². The Labute approximate surface area is 49.7 Å². The van der Waals surface area contributed by atoms with Gasteiger partial charge in [-0.05, 0) is 18.5 Å². The zero-order valence-electron chi connectivity index (χ0n) is 3.09. The Kier molecular flexibility index (Phi) is 16.0. The van der Waals surface area contributed by atoms with Gasteiger partial charge in [-0.3, -0.25) is 0 Å². The Hall–Kier alpha value is 0.473. The molecule has 0 radical (unpaired) electrons. The van der Waals surface area contributed by atoms with E-state index in [2.05, 4.69) is 11.3 Å². The monoisotopic (exact) mass is 138 g/mol. The summed E-state index contributed by atoms with van der Waals surface area (Å²) < 4.78 is 0. The summed E-state index contributed by atoms with van der Waals surface area (Å²) >= 11 is 4.82. The molecule has 0 aliphatic heterocycles. The molecule has 0 bridgehead atoms.